The average molecular weight is 384 g/mol. The van der Waals surface area contributed by atoms with Crippen LogP contribution in [-0.2, 0) is 20.7 Å². The lowest BCUT2D eigenvalue weighted by atomic mass is 10.3. The summed E-state index contributed by atoms with van der Waals surface area (Å²) in [5.74, 6) is 0.0665. The summed E-state index contributed by atoms with van der Waals surface area (Å²) in [5.41, 5.74) is 0. The van der Waals surface area contributed by atoms with Crippen molar-refractivity contribution in [3.63, 3.8) is 0 Å². The van der Waals surface area contributed by atoms with Crippen LogP contribution in [0.3, 0.4) is 0 Å². The number of fused-ring (bicyclic) bond motifs is 1. The molecule has 0 radical (unpaired) electrons. The van der Waals surface area contributed by atoms with Crippen molar-refractivity contribution in [2.75, 3.05) is 40.5 Å². The summed E-state index contributed by atoms with van der Waals surface area (Å²) < 4.78 is 10.2. The molecule has 1 atom stereocenters. The van der Waals surface area contributed by atoms with E-state index in [9.17, 15) is 4.79 Å². The van der Waals surface area contributed by atoms with E-state index >= 15 is 0 Å². The van der Waals surface area contributed by atoms with Gasteiger partial charge in [-0.05, 0) is 19.4 Å². The zero-order chi connectivity index (χ0) is 18.2. The second-order valence-electron chi connectivity index (χ2n) is 5.53. The molecule has 2 rings (SSSR count). The Balaban J connectivity index is 2.12. The summed E-state index contributed by atoms with van der Waals surface area (Å²) in [7, 11) is 3.27. The molecule has 25 heavy (non-hydrogen) atoms. The highest BCUT2D eigenvalue weighted by molar-refractivity contribution is 8.00. The third kappa shape index (κ3) is 5.37. The van der Waals surface area contributed by atoms with Gasteiger partial charge in [-0.1, -0.05) is 18.7 Å². The molecule has 6 nitrogen and oxygen atoms in total. The zero-order valence-corrected chi connectivity index (χ0v) is 16.8. The van der Waals surface area contributed by atoms with Crippen molar-refractivity contribution in [3.8, 4) is 0 Å². The van der Waals surface area contributed by atoms with Gasteiger partial charge in [-0.15, -0.1) is 11.3 Å². The van der Waals surface area contributed by atoms with Crippen LogP contribution in [0.5, 0.6) is 0 Å². The molecule has 0 fully saturated rings. The molecule has 0 saturated heterocycles. The lowest BCUT2D eigenvalue weighted by molar-refractivity contribution is -0.131. The van der Waals surface area contributed by atoms with Crippen LogP contribution >= 0.6 is 23.1 Å². The van der Waals surface area contributed by atoms with Crippen molar-refractivity contribution in [1.29, 1.82) is 0 Å². The molecule has 0 aliphatic rings. The van der Waals surface area contributed by atoms with E-state index in [1.165, 1.54) is 16.6 Å². The highest BCUT2D eigenvalue weighted by Gasteiger charge is 2.23. The molecule has 2 aromatic rings. The second-order valence-corrected chi connectivity index (χ2v) is 7.98. The highest BCUT2D eigenvalue weighted by Crippen LogP contribution is 2.33. The van der Waals surface area contributed by atoms with Gasteiger partial charge in [0.2, 0.25) is 5.91 Å². The molecule has 8 heteroatoms. The number of rotatable bonds is 10. The molecule has 1 unspecified atom stereocenters. The van der Waals surface area contributed by atoms with Crippen LogP contribution in [0.2, 0.25) is 0 Å². The lowest BCUT2D eigenvalue weighted by Crippen LogP contribution is -2.40. The zero-order valence-electron chi connectivity index (χ0n) is 15.2. The number of carbonyl (C=O) groups is 1. The van der Waals surface area contributed by atoms with Gasteiger partial charge >= 0.3 is 0 Å². The minimum absolute atomic E-state index is 0.0665. The van der Waals surface area contributed by atoms with E-state index in [4.69, 9.17) is 9.47 Å². The van der Waals surface area contributed by atoms with Crippen LogP contribution in [-0.4, -0.2) is 66.5 Å². The third-order valence-corrected chi connectivity index (χ3v) is 6.06. The largest absolute Gasteiger partial charge is 0.383 e. The van der Waals surface area contributed by atoms with E-state index in [1.54, 1.807) is 36.8 Å². The first-order valence-corrected chi connectivity index (χ1v) is 9.97. The van der Waals surface area contributed by atoms with E-state index < -0.39 is 0 Å². The van der Waals surface area contributed by atoms with E-state index in [0.29, 0.717) is 26.3 Å². The Hall–Kier alpha value is -1.22. The van der Waals surface area contributed by atoms with Gasteiger partial charge in [0.25, 0.3) is 0 Å². The first-order valence-electron chi connectivity index (χ1n) is 8.27. The fraction of sp³-hybridized carbons (Fsp3) is 0.588. The van der Waals surface area contributed by atoms with Crippen LogP contribution in [0.25, 0.3) is 10.2 Å². The number of thiophene rings is 1. The normalized spacial score (nSPS) is 12.5. The van der Waals surface area contributed by atoms with Gasteiger partial charge in [0.05, 0.1) is 18.5 Å². The van der Waals surface area contributed by atoms with Gasteiger partial charge in [0.15, 0.2) is 0 Å². The average Bonchev–Trinajstić information content (AvgIpc) is 3.05. The van der Waals surface area contributed by atoms with Crippen molar-refractivity contribution < 1.29 is 14.3 Å². The number of hydrogen-bond donors (Lipinski definition) is 0. The van der Waals surface area contributed by atoms with Crippen LogP contribution in [0.4, 0.5) is 0 Å². The minimum Gasteiger partial charge on any atom is -0.383 e. The monoisotopic (exact) mass is 383 g/mol. The quantitative estimate of drug-likeness (QED) is 0.464. The van der Waals surface area contributed by atoms with Gasteiger partial charge in [-0.3, -0.25) is 4.79 Å². The number of thioether (sulfide) groups is 1. The Morgan fingerprint density at radius 2 is 1.96 bits per heavy atom. The predicted octanol–water partition coefficient (Wildman–Crippen LogP) is 2.86. The van der Waals surface area contributed by atoms with Crippen LogP contribution in [0.1, 0.15) is 18.7 Å². The Morgan fingerprint density at radius 3 is 2.56 bits per heavy atom. The molecule has 0 saturated carbocycles. The van der Waals surface area contributed by atoms with Crippen LogP contribution in [0, 0.1) is 0 Å². The molecule has 0 aliphatic carbocycles. The molecule has 138 valence electrons. The van der Waals surface area contributed by atoms with Gasteiger partial charge in [0, 0.05) is 37.6 Å². The summed E-state index contributed by atoms with van der Waals surface area (Å²) >= 11 is 3.17. The second kappa shape index (κ2) is 10.1. The summed E-state index contributed by atoms with van der Waals surface area (Å²) in [6.45, 7) is 6.17. The predicted molar refractivity (Wildman–Crippen MR) is 102 cm³/mol. The number of hydrogen-bond acceptors (Lipinski definition) is 7. The Morgan fingerprint density at radius 1 is 1.28 bits per heavy atom. The number of amides is 1. The lowest BCUT2D eigenvalue weighted by Gasteiger charge is -2.25. The molecule has 1 amide bonds. The molecule has 0 aromatic carbocycles. The first-order chi connectivity index (χ1) is 12.1. The van der Waals surface area contributed by atoms with Crippen molar-refractivity contribution in [2.45, 2.75) is 30.5 Å². The van der Waals surface area contributed by atoms with Gasteiger partial charge < -0.3 is 14.4 Å². The molecule has 2 aromatic heterocycles. The van der Waals surface area contributed by atoms with Crippen LogP contribution in [0.15, 0.2) is 17.4 Å². The van der Waals surface area contributed by atoms with Crippen molar-refractivity contribution in [2.24, 2.45) is 0 Å². The Kier molecular flexibility index (Phi) is 8.08. The standard InChI is InChI=1S/C17H25N3O3S2/c1-5-13-10-14-15(18-11-19-16(14)25-13)24-12(2)17(21)20(6-8-22-3)7-9-23-4/h10-12H,5-9H2,1-4H3. The number of aryl methyl sites for hydroxylation is 1. The summed E-state index contributed by atoms with van der Waals surface area (Å²) in [4.78, 5) is 25.6. The minimum atomic E-state index is -0.239. The van der Waals surface area contributed by atoms with Gasteiger partial charge in [-0.2, -0.15) is 0 Å². The number of carbonyl (C=O) groups excluding carboxylic acids is 1. The van der Waals surface area contributed by atoms with E-state index in [1.807, 2.05) is 6.92 Å². The number of aromatic nitrogens is 2. The van der Waals surface area contributed by atoms with Gasteiger partial charge in [-0.25, -0.2) is 9.97 Å². The molecule has 2 heterocycles. The Labute approximate surface area is 156 Å². The van der Waals surface area contributed by atoms with Gasteiger partial charge in [0.1, 0.15) is 16.2 Å². The van der Waals surface area contributed by atoms with E-state index in [-0.39, 0.29) is 11.2 Å². The molecular weight excluding hydrogens is 358 g/mol. The summed E-state index contributed by atoms with van der Waals surface area (Å²) in [5, 5.41) is 1.66. The van der Waals surface area contributed by atoms with Crippen molar-refractivity contribution >= 4 is 39.2 Å². The summed E-state index contributed by atoms with van der Waals surface area (Å²) in [6, 6.07) is 2.13. The summed E-state index contributed by atoms with van der Waals surface area (Å²) in [6.07, 6.45) is 2.55. The fourth-order valence-electron chi connectivity index (χ4n) is 2.36. The maximum absolute atomic E-state index is 12.8. The molecular formula is C17H25N3O3S2. The molecule has 0 spiro atoms. The van der Waals surface area contributed by atoms with E-state index in [2.05, 4.69) is 23.0 Å². The highest BCUT2D eigenvalue weighted by atomic mass is 32.2. The van der Waals surface area contributed by atoms with Crippen molar-refractivity contribution in [1.82, 2.24) is 14.9 Å². The SMILES string of the molecule is CCc1cc2c(SC(C)C(=O)N(CCOC)CCOC)ncnc2s1. The Bertz CT molecular complexity index is 685. The maximum atomic E-state index is 12.8. The molecule has 0 bridgehead atoms. The van der Waals surface area contributed by atoms with E-state index in [0.717, 1.165) is 21.7 Å². The number of methoxy groups -OCH3 is 2. The maximum Gasteiger partial charge on any atom is 0.235 e. The third-order valence-electron chi connectivity index (χ3n) is 3.77. The molecule has 0 N–H and O–H groups in total. The smallest absolute Gasteiger partial charge is 0.235 e. The number of nitrogens with zero attached hydrogens (tertiary/aromatic N) is 3. The molecule has 0 aliphatic heterocycles. The van der Waals surface area contributed by atoms with Crippen LogP contribution < -0.4 is 0 Å². The fourth-order valence-corrected chi connectivity index (χ4v) is 4.34. The topological polar surface area (TPSA) is 64.6 Å². The number of ether oxygens (including phenoxy) is 2. The first kappa shape index (κ1) is 20.1. The van der Waals surface area contributed by atoms with Crippen molar-refractivity contribution in [3.05, 3.63) is 17.3 Å².